The van der Waals surface area contributed by atoms with Gasteiger partial charge in [0.05, 0.1) is 11.5 Å². The molecule has 0 spiro atoms. The Labute approximate surface area is 112 Å². The number of aliphatic hydroxyl groups excluding tert-OH is 1. The van der Waals surface area contributed by atoms with Crippen LogP contribution in [0.4, 0.5) is 0 Å². The smallest absolute Gasteiger partial charge is 0.244 e. The van der Waals surface area contributed by atoms with Crippen molar-refractivity contribution in [2.24, 2.45) is 5.92 Å². The average Bonchev–Trinajstić information content (AvgIpc) is 2.88. The second-order valence-corrected chi connectivity index (χ2v) is 7.53. The summed E-state index contributed by atoms with van der Waals surface area (Å²) < 4.78 is 26.4. The predicted octanol–water partition coefficient (Wildman–Crippen LogP) is 2.05. The first kappa shape index (κ1) is 14.0. The van der Waals surface area contributed by atoms with E-state index in [1.165, 1.54) is 11.3 Å². The van der Waals surface area contributed by atoms with E-state index in [1.54, 1.807) is 15.8 Å². The summed E-state index contributed by atoms with van der Waals surface area (Å²) in [5.41, 5.74) is 0. The van der Waals surface area contributed by atoms with Gasteiger partial charge < -0.3 is 5.11 Å². The van der Waals surface area contributed by atoms with Crippen LogP contribution >= 0.6 is 11.3 Å². The number of rotatable bonds is 4. The Morgan fingerprint density at radius 2 is 2.11 bits per heavy atom. The maximum Gasteiger partial charge on any atom is 0.244 e. The second kappa shape index (κ2) is 5.69. The molecule has 2 heterocycles. The molecule has 0 saturated carbocycles. The highest BCUT2D eigenvalue weighted by atomic mass is 32.2. The van der Waals surface area contributed by atoms with E-state index in [-0.39, 0.29) is 11.5 Å². The molecule has 0 unspecified atom stereocenters. The minimum Gasteiger partial charge on any atom is -0.391 e. The van der Waals surface area contributed by atoms with Crippen LogP contribution in [0.3, 0.4) is 0 Å². The van der Waals surface area contributed by atoms with Crippen molar-refractivity contribution in [1.82, 2.24) is 4.31 Å². The summed E-state index contributed by atoms with van der Waals surface area (Å²) in [5.74, 6) is 0.649. The summed E-state index contributed by atoms with van der Waals surface area (Å²) in [6, 6.07) is 1.59. The van der Waals surface area contributed by atoms with E-state index >= 15 is 0 Å². The van der Waals surface area contributed by atoms with Crippen LogP contribution in [0, 0.1) is 5.92 Å². The molecule has 1 aliphatic rings. The van der Waals surface area contributed by atoms with Gasteiger partial charge in [0.1, 0.15) is 0 Å². The van der Waals surface area contributed by atoms with Gasteiger partial charge in [-0.2, -0.15) is 4.31 Å². The minimum atomic E-state index is -3.41. The number of hydrogen-bond donors (Lipinski definition) is 1. The van der Waals surface area contributed by atoms with Gasteiger partial charge in [-0.05, 0) is 30.2 Å². The van der Waals surface area contributed by atoms with Gasteiger partial charge in [-0.25, -0.2) is 8.42 Å². The molecule has 1 aromatic rings. The van der Waals surface area contributed by atoms with Crippen LogP contribution in [0.25, 0.3) is 0 Å². The SMILES string of the molecule is CCC1CCN(S(=O)(=O)c2ccsc2CO)CC1. The van der Waals surface area contributed by atoms with E-state index in [0.717, 1.165) is 19.3 Å². The molecule has 102 valence electrons. The third-order valence-electron chi connectivity index (χ3n) is 3.62. The van der Waals surface area contributed by atoms with Crippen molar-refractivity contribution in [2.75, 3.05) is 13.1 Å². The van der Waals surface area contributed by atoms with Crippen molar-refractivity contribution in [2.45, 2.75) is 37.7 Å². The van der Waals surface area contributed by atoms with E-state index in [4.69, 9.17) is 0 Å². The molecule has 0 radical (unpaired) electrons. The van der Waals surface area contributed by atoms with Gasteiger partial charge in [0.15, 0.2) is 0 Å². The number of sulfonamides is 1. The van der Waals surface area contributed by atoms with Crippen LogP contribution in [0.2, 0.25) is 0 Å². The predicted molar refractivity (Wildman–Crippen MR) is 72.0 cm³/mol. The highest BCUT2D eigenvalue weighted by Crippen LogP contribution is 2.29. The number of aliphatic hydroxyl groups is 1. The molecular formula is C12H19NO3S2. The fourth-order valence-electron chi connectivity index (χ4n) is 2.37. The van der Waals surface area contributed by atoms with Crippen LogP contribution in [0.5, 0.6) is 0 Å². The van der Waals surface area contributed by atoms with Crippen LogP contribution < -0.4 is 0 Å². The largest absolute Gasteiger partial charge is 0.391 e. The summed E-state index contributed by atoms with van der Waals surface area (Å²) in [6.45, 7) is 3.14. The summed E-state index contributed by atoms with van der Waals surface area (Å²) in [7, 11) is -3.41. The second-order valence-electron chi connectivity index (χ2n) is 4.62. The Morgan fingerprint density at radius 1 is 1.44 bits per heavy atom. The van der Waals surface area contributed by atoms with Gasteiger partial charge in [0.2, 0.25) is 10.0 Å². The van der Waals surface area contributed by atoms with E-state index in [2.05, 4.69) is 6.92 Å². The molecule has 18 heavy (non-hydrogen) atoms. The van der Waals surface area contributed by atoms with Gasteiger partial charge in [-0.3, -0.25) is 0 Å². The van der Waals surface area contributed by atoms with E-state index in [1.807, 2.05) is 0 Å². The van der Waals surface area contributed by atoms with Gasteiger partial charge in [-0.1, -0.05) is 13.3 Å². The molecule has 1 aliphatic heterocycles. The zero-order valence-electron chi connectivity index (χ0n) is 10.5. The lowest BCUT2D eigenvalue weighted by molar-refractivity contribution is 0.266. The Kier molecular flexibility index (Phi) is 4.42. The molecule has 0 atom stereocenters. The maximum absolute atomic E-state index is 12.4. The molecule has 1 saturated heterocycles. The van der Waals surface area contributed by atoms with E-state index < -0.39 is 10.0 Å². The van der Waals surface area contributed by atoms with Gasteiger partial charge in [0, 0.05) is 18.0 Å². The molecule has 2 rings (SSSR count). The number of thiophene rings is 1. The van der Waals surface area contributed by atoms with Crippen molar-refractivity contribution < 1.29 is 13.5 Å². The monoisotopic (exact) mass is 289 g/mol. The lowest BCUT2D eigenvalue weighted by Gasteiger charge is -2.30. The Bertz CT molecular complexity index is 487. The van der Waals surface area contributed by atoms with Gasteiger partial charge >= 0.3 is 0 Å². The Morgan fingerprint density at radius 3 is 2.67 bits per heavy atom. The van der Waals surface area contributed by atoms with Crippen molar-refractivity contribution in [1.29, 1.82) is 0 Å². The lowest BCUT2D eigenvalue weighted by Crippen LogP contribution is -2.38. The van der Waals surface area contributed by atoms with Crippen molar-refractivity contribution in [3.8, 4) is 0 Å². The number of piperidine rings is 1. The Hall–Kier alpha value is -0.430. The van der Waals surface area contributed by atoms with Crippen LogP contribution in [0.15, 0.2) is 16.3 Å². The summed E-state index contributed by atoms with van der Waals surface area (Å²) in [4.78, 5) is 0.817. The molecule has 0 amide bonds. The first-order valence-electron chi connectivity index (χ1n) is 6.27. The minimum absolute atomic E-state index is 0.211. The fourth-order valence-corrected chi connectivity index (χ4v) is 5.11. The normalized spacial score (nSPS) is 19.2. The first-order valence-corrected chi connectivity index (χ1v) is 8.59. The molecule has 0 bridgehead atoms. The van der Waals surface area contributed by atoms with Crippen molar-refractivity contribution in [3.63, 3.8) is 0 Å². The highest BCUT2D eigenvalue weighted by Gasteiger charge is 2.30. The van der Waals surface area contributed by atoms with Gasteiger partial charge in [0.25, 0.3) is 0 Å². The molecule has 0 aliphatic carbocycles. The average molecular weight is 289 g/mol. The zero-order chi connectivity index (χ0) is 13.2. The van der Waals surface area contributed by atoms with Gasteiger partial charge in [-0.15, -0.1) is 11.3 Å². The summed E-state index contributed by atoms with van der Waals surface area (Å²) in [5, 5.41) is 10.9. The molecule has 6 heteroatoms. The maximum atomic E-state index is 12.4. The standard InChI is InChI=1S/C12H19NO3S2/c1-2-10-3-6-13(7-4-10)18(15,16)12-5-8-17-11(12)9-14/h5,8,10,14H,2-4,6-7,9H2,1H3. The molecule has 1 fully saturated rings. The third-order valence-corrected chi connectivity index (χ3v) is 6.64. The number of hydrogen-bond acceptors (Lipinski definition) is 4. The first-order chi connectivity index (χ1) is 8.59. The Balaban J connectivity index is 2.17. The fraction of sp³-hybridized carbons (Fsp3) is 0.667. The van der Waals surface area contributed by atoms with E-state index in [0.29, 0.717) is 23.9 Å². The third kappa shape index (κ3) is 2.61. The highest BCUT2D eigenvalue weighted by molar-refractivity contribution is 7.89. The lowest BCUT2D eigenvalue weighted by atomic mass is 9.96. The molecule has 1 aromatic heterocycles. The summed E-state index contributed by atoms with van der Waals surface area (Å²) in [6.07, 6.45) is 3.00. The molecule has 0 aromatic carbocycles. The van der Waals surface area contributed by atoms with Crippen LogP contribution in [0.1, 0.15) is 31.1 Å². The van der Waals surface area contributed by atoms with Crippen molar-refractivity contribution in [3.05, 3.63) is 16.3 Å². The van der Waals surface area contributed by atoms with Crippen molar-refractivity contribution >= 4 is 21.4 Å². The summed E-state index contributed by atoms with van der Waals surface area (Å²) >= 11 is 1.29. The van der Waals surface area contributed by atoms with Crippen LogP contribution in [-0.2, 0) is 16.6 Å². The molecular weight excluding hydrogens is 270 g/mol. The van der Waals surface area contributed by atoms with Crippen LogP contribution in [-0.4, -0.2) is 30.9 Å². The zero-order valence-corrected chi connectivity index (χ0v) is 12.1. The quantitative estimate of drug-likeness (QED) is 0.923. The number of nitrogens with zero attached hydrogens (tertiary/aromatic N) is 1. The molecule has 4 nitrogen and oxygen atoms in total. The molecule has 1 N–H and O–H groups in total. The topological polar surface area (TPSA) is 57.6 Å². The van der Waals surface area contributed by atoms with E-state index in [9.17, 15) is 13.5 Å².